The van der Waals surface area contributed by atoms with E-state index in [0.717, 1.165) is 19.0 Å². The van der Waals surface area contributed by atoms with Crippen LogP contribution in [0.2, 0.25) is 0 Å². The van der Waals surface area contributed by atoms with Gasteiger partial charge in [0.15, 0.2) is 0 Å². The second kappa shape index (κ2) is 6.37. The number of aromatic nitrogens is 2. The molecule has 0 bridgehead atoms. The van der Waals surface area contributed by atoms with Crippen LogP contribution in [0.4, 0.5) is 0 Å². The van der Waals surface area contributed by atoms with Crippen molar-refractivity contribution in [2.24, 2.45) is 11.8 Å². The molecule has 0 saturated heterocycles. The van der Waals surface area contributed by atoms with E-state index in [-0.39, 0.29) is 5.54 Å². The maximum Gasteiger partial charge on any atom is 0.0534 e. The lowest BCUT2D eigenvalue weighted by molar-refractivity contribution is 0.373. The molecule has 0 aromatic carbocycles. The van der Waals surface area contributed by atoms with Crippen LogP contribution >= 0.6 is 0 Å². The summed E-state index contributed by atoms with van der Waals surface area (Å²) in [6.07, 6.45) is 5.39. The Balaban J connectivity index is 2.43. The van der Waals surface area contributed by atoms with E-state index in [9.17, 15) is 0 Å². The fraction of sp³-hybridized carbons (Fsp3) is 0.800. The summed E-state index contributed by atoms with van der Waals surface area (Å²) in [6.45, 7) is 15.3. The van der Waals surface area contributed by atoms with Gasteiger partial charge in [0.2, 0.25) is 0 Å². The smallest absolute Gasteiger partial charge is 0.0534 e. The molecule has 0 aliphatic rings. The van der Waals surface area contributed by atoms with E-state index in [1.807, 2.05) is 6.20 Å². The van der Waals surface area contributed by atoms with Gasteiger partial charge < -0.3 is 5.32 Å². The first-order chi connectivity index (χ1) is 8.26. The van der Waals surface area contributed by atoms with E-state index in [4.69, 9.17) is 0 Å². The topological polar surface area (TPSA) is 29.9 Å². The minimum atomic E-state index is 0.160. The maximum atomic E-state index is 4.44. The summed E-state index contributed by atoms with van der Waals surface area (Å²) < 4.78 is 2.08. The lowest BCUT2D eigenvalue weighted by Crippen LogP contribution is -2.34. The summed E-state index contributed by atoms with van der Waals surface area (Å²) in [5.41, 5.74) is 1.43. The first-order valence-electron chi connectivity index (χ1n) is 7.02. The second-order valence-electron chi connectivity index (χ2n) is 6.91. The normalized spacial score (nSPS) is 14.2. The van der Waals surface area contributed by atoms with E-state index >= 15 is 0 Å². The molecule has 1 rings (SSSR count). The average molecular weight is 251 g/mol. The predicted molar refractivity (Wildman–Crippen MR) is 77.4 cm³/mol. The van der Waals surface area contributed by atoms with Gasteiger partial charge in [-0.15, -0.1) is 0 Å². The fourth-order valence-corrected chi connectivity index (χ4v) is 2.16. The van der Waals surface area contributed by atoms with E-state index in [0.29, 0.717) is 5.92 Å². The van der Waals surface area contributed by atoms with Crippen molar-refractivity contribution in [1.29, 1.82) is 0 Å². The molecule has 0 aliphatic carbocycles. The second-order valence-corrected chi connectivity index (χ2v) is 6.91. The van der Waals surface area contributed by atoms with Gasteiger partial charge in [-0.25, -0.2) is 0 Å². The van der Waals surface area contributed by atoms with Crippen LogP contribution in [0.15, 0.2) is 12.4 Å². The molecule has 1 aromatic heterocycles. The molecule has 3 nitrogen and oxygen atoms in total. The molecule has 104 valence electrons. The van der Waals surface area contributed by atoms with E-state index in [2.05, 4.69) is 62.8 Å². The van der Waals surface area contributed by atoms with Gasteiger partial charge in [-0.3, -0.25) is 4.68 Å². The molecular formula is C15H29N3. The third-order valence-electron chi connectivity index (χ3n) is 2.88. The van der Waals surface area contributed by atoms with Crippen molar-refractivity contribution in [3.8, 4) is 0 Å². The van der Waals surface area contributed by atoms with Gasteiger partial charge >= 0.3 is 0 Å². The monoisotopic (exact) mass is 251 g/mol. The minimum Gasteiger partial charge on any atom is -0.308 e. The number of rotatable bonds is 6. The molecule has 0 aliphatic heterocycles. The molecule has 0 saturated carbocycles. The van der Waals surface area contributed by atoms with Gasteiger partial charge in [-0.05, 0) is 39.0 Å². The van der Waals surface area contributed by atoms with Crippen LogP contribution in [-0.2, 0) is 13.1 Å². The summed E-state index contributed by atoms with van der Waals surface area (Å²) in [7, 11) is 0. The zero-order chi connectivity index (χ0) is 13.8. The van der Waals surface area contributed by atoms with Gasteiger partial charge in [0.05, 0.1) is 6.20 Å². The zero-order valence-corrected chi connectivity index (χ0v) is 12.8. The maximum absolute atomic E-state index is 4.44. The highest BCUT2D eigenvalue weighted by Crippen LogP contribution is 2.13. The van der Waals surface area contributed by atoms with Crippen LogP contribution < -0.4 is 5.32 Å². The first kappa shape index (κ1) is 15.2. The molecule has 1 atom stereocenters. The van der Waals surface area contributed by atoms with Crippen LogP contribution in [0.1, 0.15) is 53.5 Å². The Hall–Kier alpha value is -0.830. The molecule has 1 N–H and O–H groups in total. The molecule has 0 fully saturated rings. The van der Waals surface area contributed by atoms with E-state index in [1.54, 1.807) is 0 Å². The highest BCUT2D eigenvalue weighted by Gasteiger charge is 2.10. The Morgan fingerprint density at radius 3 is 2.50 bits per heavy atom. The highest BCUT2D eigenvalue weighted by atomic mass is 15.3. The third-order valence-corrected chi connectivity index (χ3v) is 2.88. The van der Waals surface area contributed by atoms with E-state index < -0.39 is 0 Å². The number of hydrogen-bond acceptors (Lipinski definition) is 2. The number of hydrogen-bond donors (Lipinski definition) is 1. The molecule has 0 radical (unpaired) electrons. The van der Waals surface area contributed by atoms with Gasteiger partial charge in [0.1, 0.15) is 0 Å². The molecule has 1 heterocycles. The van der Waals surface area contributed by atoms with Gasteiger partial charge in [0.25, 0.3) is 0 Å². The van der Waals surface area contributed by atoms with Gasteiger partial charge in [-0.1, -0.05) is 20.8 Å². The Bertz CT molecular complexity index is 347. The van der Waals surface area contributed by atoms with Crippen LogP contribution in [0.25, 0.3) is 0 Å². The summed E-state index contributed by atoms with van der Waals surface area (Å²) in [6, 6.07) is 0. The molecule has 18 heavy (non-hydrogen) atoms. The number of nitrogens with zero attached hydrogens (tertiary/aromatic N) is 2. The fourth-order valence-electron chi connectivity index (χ4n) is 2.16. The molecule has 0 spiro atoms. The zero-order valence-electron chi connectivity index (χ0n) is 12.8. The largest absolute Gasteiger partial charge is 0.308 e. The van der Waals surface area contributed by atoms with Crippen molar-refractivity contribution in [2.45, 2.75) is 66.6 Å². The molecular weight excluding hydrogens is 222 g/mol. The van der Waals surface area contributed by atoms with Crippen molar-refractivity contribution in [1.82, 2.24) is 15.1 Å². The van der Waals surface area contributed by atoms with Gasteiger partial charge in [-0.2, -0.15) is 5.10 Å². The summed E-state index contributed by atoms with van der Waals surface area (Å²) in [5.74, 6) is 1.45. The Morgan fingerprint density at radius 2 is 1.94 bits per heavy atom. The summed E-state index contributed by atoms with van der Waals surface area (Å²) in [4.78, 5) is 0. The van der Waals surface area contributed by atoms with Crippen molar-refractivity contribution < 1.29 is 0 Å². The Labute approximate surface area is 112 Å². The van der Waals surface area contributed by atoms with Crippen LogP contribution in [-0.4, -0.2) is 15.3 Å². The van der Waals surface area contributed by atoms with Crippen molar-refractivity contribution in [2.75, 3.05) is 0 Å². The predicted octanol–water partition coefficient (Wildman–Crippen LogP) is 3.45. The van der Waals surface area contributed by atoms with Crippen LogP contribution in [0.5, 0.6) is 0 Å². The lowest BCUT2D eigenvalue weighted by Gasteiger charge is -2.19. The first-order valence-corrected chi connectivity index (χ1v) is 7.02. The van der Waals surface area contributed by atoms with Crippen molar-refractivity contribution in [3.05, 3.63) is 18.0 Å². The molecule has 0 amide bonds. The summed E-state index contributed by atoms with van der Waals surface area (Å²) in [5, 5.41) is 7.92. The minimum absolute atomic E-state index is 0.160. The van der Waals surface area contributed by atoms with Gasteiger partial charge in [0, 0.05) is 30.4 Å². The summed E-state index contributed by atoms with van der Waals surface area (Å²) >= 11 is 0. The highest BCUT2D eigenvalue weighted by molar-refractivity contribution is 5.04. The molecule has 1 aromatic rings. The molecule has 1 unspecified atom stereocenters. The standard InChI is InChI=1S/C15H29N3/c1-12(2)7-13(3)10-18-11-14(9-17-18)8-16-15(4,5)6/h9,11-13,16H,7-8,10H2,1-6H3. The Kier molecular flexibility index (Phi) is 5.39. The van der Waals surface area contributed by atoms with Crippen molar-refractivity contribution in [3.63, 3.8) is 0 Å². The van der Waals surface area contributed by atoms with E-state index in [1.165, 1.54) is 12.0 Å². The lowest BCUT2D eigenvalue weighted by atomic mass is 9.99. The number of nitrogens with one attached hydrogen (secondary N) is 1. The SMILES string of the molecule is CC(C)CC(C)Cn1cc(CNC(C)(C)C)cn1. The average Bonchev–Trinajstić information content (AvgIpc) is 2.60. The Morgan fingerprint density at radius 1 is 1.28 bits per heavy atom. The molecule has 3 heteroatoms. The van der Waals surface area contributed by atoms with Crippen LogP contribution in [0, 0.1) is 11.8 Å². The quantitative estimate of drug-likeness (QED) is 0.839. The van der Waals surface area contributed by atoms with Crippen molar-refractivity contribution >= 4 is 0 Å². The third kappa shape index (κ3) is 6.20. The van der Waals surface area contributed by atoms with Crippen LogP contribution in [0.3, 0.4) is 0 Å².